The minimum atomic E-state index is -0.215. The second-order valence-electron chi connectivity index (χ2n) is 9.04. The minimum Gasteiger partial charge on any atom is -0.497 e. The zero-order chi connectivity index (χ0) is 24.8. The Labute approximate surface area is 207 Å². The maximum atomic E-state index is 13.5. The second kappa shape index (κ2) is 11.5. The van der Waals surface area contributed by atoms with E-state index in [-0.39, 0.29) is 24.4 Å². The first-order valence-corrected chi connectivity index (χ1v) is 12.1. The van der Waals surface area contributed by atoms with Crippen LogP contribution in [0.15, 0.2) is 53.6 Å². The van der Waals surface area contributed by atoms with Crippen LogP contribution in [0.25, 0.3) is 0 Å². The van der Waals surface area contributed by atoms with Crippen LogP contribution in [0.1, 0.15) is 36.1 Å². The molecule has 0 radical (unpaired) electrons. The van der Waals surface area contributed by atoms with E-state index in [0.717, 1.165) is 47.8 Å². The van der Waals surface area contributed by atoms with E-state index < -0.39 is 0 Å². The lowest BCUT2D eigenvalue weighted by Gasteiger charge is -2.30. The van der Waals surface area contributed by atoms with Crippen molar-refractivity contribution in [2.75, 3.05) is 53.0 Å². The molecule has 1 fully saturated rings. The lowest BCUT2D eigenvalue weighted by Crippen LogP contribution is -2.45. The normalized spacial score (nSPS) is 18.3. The number of methoxy groups -OCH3 is 1. The van der Waals surface area contributed by atoms with Gasteiger partial charge in [-0.1, -0.05) is 29.8 Å². The van der Waals surface area contributed by atoms with Crippen LogP contribution >= 0.6 is 0 Å². The van der Waals surface area contributed by atoms with Gasteiger partial charge in [0.25, 0.3) is 5.91 Å². The molecule has 0 saturated carbocycles. The zero-order valence-electron chi connectivity index (χ0n) is 20.8. The first-order valence-electron chi connectivity index (χ1n) is 12.1. The van der Waals surface area contributed by atoms with Crippen molar-refractivity contribution >= 4 is 17.5 Å². The van der Waals surface area contributed by atoms with Crippen molar-refractivity contribution in [1.82, 2.24) is 14.8 Å². The summed E-state index contributed by atoms with van der Waals surface area (Å²) in [5.74, 6) is 0.473. The molecule has 0 aliphatic carbocycles. The average Bonchev–Trinajstić information content (AvgIpc) is 3.33. The SMILES string of the molecule is COc1ccc(C2=NN(C(=O)CN(CCN3CCOCC3)C(C)=O)[C@H](c3ccc(C)cc3)C2)cc1. The van der Waals surface area contributed by atoms with Crippen LogP contribution < -0.4 is 4.74 Å². The third kappa shape index (κ3) is 6.26. The van der Waals surface area contributed by atoms with Crippen LogP contribution in [0.4, 0.5) is 0 Å². The van der Waals surface area contributed by atoms with Crippen LogP contribution in [-0.4, -0.2) is 85.4 Å². The lowest BCUT2D eigenvalue weighted by molar-refractivity contribution is -0.140. The summed E-state index contributed by atoms with van der Waals surface area (Å²) in [4.78, 5) is 29.8. The zero-order valence-corrected chi connectivity index (χ0v) is 20.8. The van der Waals surface area contributed by atoms with Crippen molar-refractivity contribution < 1.29 is 19.1 Å². The van der Waals surface area contributed by atoms with E-state index in [0.29, 0.717) is 26.2 Å². The molecule has 0 N–H and O–H groups in total. The van der Waals surface area contributed by atoms with E-state index >= 15 is 0 Å². The van der Waals surface area contributed by atoms with E-state index in [4.69, 9.17) is 14.6 Å². The average molecular weight is 479 g/mol. The van der Waals surface area contributed by atoms with Gasteiger partial charge in [-0.2, -0.15) is 5.10 Å². The fraction of sp³-hybridized carbons (Fsp3) is 0.444. The first kappa shape index (κ1) is 24.9. The van der Waals surface area contributed by atoms with Gasteiger partial charge >= 0.3 is 0 Å². The fourth-order valence-electron chi connectivity index (χ4n) is 4.42. The summed E-state index contributed by atoms with van der Waals surface area (Å²) in [6.07, 6.45) is 0.606. The highest BCUT2D eigenvalue weighted by atomic mass is 16.5. The maximum Gasteiger partial charge on any atom is 0.262 e. The van der Waals surface area contributed by atoms with Gasteiger partial charge in [-0.3, -0.25) is 14.5 Å². The van der Waals surface area contributed by atoms with Crippen LogP contribution in [-0.2, 0) is 14.3 Å². The number of carbonyl (C=O) groups excluding carboxylic acids is 2. The van der Waals surface area contributed by atoms with Gasteiger partial charge in [0, 0.05) is 39.5 Å². The van der Waals surface area contributed by atoms with Gasteiger partial charge in [0.2, 0.25) is 5.91 Å². The van der Waals surface area contributed by atoms with Crippen molar-refractivity contribution in [1.29, 1.82) is 0 Å². The largest absolute Gasteiger partial charge is 0.497 e. The second-order valence-corrected chi connectivity index (χ2v) is 9.04. The molecule has 0 unspecified atom stereocenters. The number of hydrogen-bond acceptors (Lipinski definition) is 6. The highest BCUT2D eigenvalue weighted by Crippen LogP contribution is 2.33. The Bertz CT molecular complexity index is 1050. The minimum absolute atomic E-state index is 0.00142. The molecule has 8 nitrogen and oxygen atoms in total. The number of aryl methyl sites for hydroxylation is 1. The predicted molar refractivity (Wildman–Crippen MR) is 134 cm³/mol. The van der Waals surface area contributed by atoms with Crippen LogP contribution in [0.3, 0.4) is 0 Å². The number of hydrazone groups is 1. The van der Waals surface area contributed by atoms with Crippen molar-refractivity contribution in [2.24, 2.45) is 5.10 Å². The molecule has 0 bridgehead atoms. The third-order valence-corrected chi connectivity index (χ3v) is 6.61. The number of rotatable bonds is 8. The number of ether oxygens (including phenoxy) is 2. The lowest BCUT2D eigenvalue weighted by atomic mass is 9.97. The van der Waals surface area contributed by atoms with Crippen molar-refractivity contribution in [3.05, 3.63) is 65.2 Å². The van der Waals surface area contributed by atoms with Crippen LogP contribution in [0, 0.1) is 6.92 Å². The Kier molecular flexibility index (Phi) is 8.15. The molecule has 2 aliphatic rings. The molecule has 4 rings (SSSR count). The highest BCUT2D eigenvalue weighted by molar-refractivity contribution is 6.03. The third-order valence-electron chi connectivity index (χ3n) is 6.61. The summed E-state index contributed by atoms with van der Waals surface area (Å²) >= 11 is 0. The number of carbonyl (C=O) groups is 2. The van der Waals surface area contributed by atoms with Gasteiger partial charge in [0.05, 0.1) is 32.1 Å². The maximum absolute atomic E-state index is 13.5. The number of nitrogens with zero attached hydrogens (tertiary/aromatic N) is 4. The number of morpholine rings is 1. The quantitative estimate of drug-likeness (QED) is 0.583. The van der Waals surface area contributed by atoms with E-state index in [1.165, 1.54) is 6.92 Å². The summed E-state index contributed by atoms with van der Waals surface area (Å²) in [7, 11) is 1.63. The Balaban J connectivity index is 1.52. The monoisotopic (exact) mass is 478 g/mol. The smallest absolute Gasteiger partial charge is 0.262 e. The van der Waals surface area contributed by atoms with E-state index in [9.17, 15) is 9.59 Å². The van der Waals surface area contributed by atoms with Gasteiger partial charge < -0.3 is 14.4 Å². The number of benzene rings is 2. The summed E-state index contributed by atoms with van der Waals surface area (Å²) in [6.45, 7) is 7.87. The molecule has 2 aromatic carbocycles. The predicted octanol–water partition coefficient (Wildman–Crippen LogP) is 2.86. The Hall–Kier alpha value is -3.23. The van der Waals surface area contributed by atoms with Gasteiger partial charge in [-0.15, -0.1) is 0 Å². The van der Waals surface area contributed by atoms with Crippen LogP contribution in [0.5, 0.6) is 5.75 Å². The molecule has 35 heavy (non-hydrogen) atoms. The molecule has 0 aromatic heterocycles. The molecule has 2 amide bonds. The summed E-state index contributed by atoms with van der Waals surface area (Å²) < 4.78 is 10.7. The highest BCUT2D eigenvalue weighted by Gasteiger charge is 2.34. The topological polar surface area (TPSA) is 74.7 Å². The summed E-state index contributed by atoms with van der Waals surface area (Å²) in [5.41, 5.74) is 3.98. The van der Waals surface area contributed by atoms with E-state index in [1.807, 2.05) is 55.5 Å². The fourth-order valence-corrected chi connectivity index (χ4v) is 4.42. The van der Waals surface area contributed by atoms with Gasteiger partial charge in [0.15, 0.2) is 0 Å². The van der Waals surface area contributed by atoms with Crippen molar-refractivity contribution in [2.45, 2.75) is 26.3 Å². The Morgan fingerprint density at radius 1 is 1.09 bits per heavy atom. The van der Waals surface area contributed by atoms with Crippen LogP contribution in [0.2, 0.25) is 0 Å². The molecular weight excluding hydrogens is 444 g/mol. The van der Waals surface area contributed by atoms with Crippen molar-refractivity contribution in [3.8, 4) is 5.75 Å². The number of amides is 2. The molecule has 1 saturated heterocycles. The Morgan fingerprint density at radius 2 is 1.77 bits per heavy atom. The van der Waals surface area contributed by atoms with E-state index in [1.54, 1.807) is 17.0 Å². The molecule has 186 valence electrons. The Morgan fingerprint density at radius 3 is 2.40 bits per heavy atom. The molecule has 1 atom stereocenters. The number of hydrogen-bond donors (Lipinski definition) is 0. The van der Waals surface area contributed by atoms with E-state index in [2.05, 4.69) is 4.90 Å². The molecular formula is C27H34N4O4. The molecule has 8 heteroatoms. The molecule has 2 heterocycles. The van der Waals surface area contributed by atoms with Gasteiger partial charge in [0.1, 0.15) is 12.3 Å². The van der Waals surface area contributed by atoms with Gasteiger partial charge in [-0.05, 0) is 42.3 Å². The molecule has 0 spiro atoms. The standard InChI is InChI=1S/C27H34N4O4/c1-20-4-6-23(7-5-20)26-18-25(22-8-10-24(34-3)11-9-22)28-31(26)27(33)19-30(21(2)32)13-12-29-14-16-35-17-15-29/h4-11,26H,12-19H2,1-3H3/t26-/m0/s1. The first-order chi connectivity index (χ1) is 16.9. The van der Waals surface area contributed by atoms with Gasteiger partial charge in [-0.25, -0.2) is 5.01 Å². The summed E-state index contributed by atoms with van der Waals surface area (Å²) in [6, 6.07) is 15.7. The molecule has 2 aromatic rings. The molecule has 2 aliphatic heterocycles. The summed E-state index contributed by atoms with van der Waals surface area (Å²) in [5, 5.41) is 6.32. The van der Waals surface area contributed by atoms with Crippen molar-refractivity contribution in [3.63, 3.8) is 0 Å².